The Morgan fingerprint density at radius 1 is 0.941 bits per heavy atom. The van der Waals surface area contributed by atoms with Crippen LogP contribution < -0.4 is 10.6 Å². The number of aliphatic carboxylic acids is 1. The van der Waals surface area contributed by atoms with E-state index < -0.39 is 18.2 Å². The van der Waals surface area contributed by atoms with Crippen LogP contribution in [0.2, 0.25) is 0 Å². The van der Waals surface area contributed by atoms with Gasteiger partial charge in [-0.2, -0.15) is 0 Å². The maximum absolute atomic E-state index is 12.3. The lowest BCUT2D eigenvalue weighted by atomic mass is 9.73. The Balaban J connectivity index is 1.14. The molecule has 34 heavy (non-hydrogen) atoms. The summed E-state index contributed by atoms with van der Waals surface area (Å²) in [6.45, 7) is 0.926. The second-order valence-electron chi connectivity index (χ2n) is 9.11. The van der Waals surface area contributed by atoms with Gasteiger partial charge in [0.2, 0.25) is 5.91 Å². The van der Waals surface area contributed by atoms with E-state index in [9.17, 15) is 19.5 Å². The zero-order valence-corrected chi connectivity index (χ0v) is 18.9. The van der Waals surface area contributed by atoms with Crippen molar-refractivity contribution in [2.45, 2.75) is 37.7 Å². The van der Waals surface area contributed by atoms with Crippen LogP contribution >= 0.6 is 0 Å². The average Bonchev–Trinajstić information content (AvgIpc) is 3.12. The summed E-state index contributed by atoms with van der Waals surface area (Å²) < 4.78 is 5.55. The lowest BCUT2D eigenvalue weighted by Gasteiger charge is -2.35. The number of carbonyl (C=O) groups is 3. The molecular formula is C26H30N2O6. The van der Waals surface area contributed by atoms with Gasteiger partial charge in [-0.15, -0.1) is 0 Å². The molecule has 1 saturated carbocycles. The van der Waals surface area contributed by atoms with Crippen molar-refractivity contribution in [2.24, 2.45) is 11.8 Å². The molecule has 2 aliphatic carbocycles. The first-order chi connectivity index (χ1) is 16.4. The first kappa shape index (κ1) is 23.8. The number of fused-ring (bicyclic) bond motifs is 3. The van der Waals surface area contributed by atoms with E-state index in [4.69, 9.17) is 9.84 Å². The third kappa shape index (κ3) is 5.56. The van der Waals surface area contributed by atoms with E-state index >= 15 is 0 Å². The van der Waals surface area contributed by atoms with E-state index in [0.717, 1.165) is 12.8 Å². The van der Waals surface area contributed by atoms with Crippen LogP contribution in [0.15, 0.2) is 48.5 Å². The lowest BCUT2D eigenvalue weighted by Crippen LogP contribution is -2.39. The molecule has 1 fully saturated rings. The lowest BCUT2D eigenvalue weighted by molar-refractivity contribution is -0.147. The molecule has 2 aliphatic rings. The highest BCUT2D eigenvalue weighted by molar-refractivity contribution is 5.79. The van der Waals surface area contributed by atoms with Crippen molar-refractivity contribution in [3.63, 3.8) is 0 Å². The highest BCUT2D eigenvalue weighted by atomic mass is 16.5. The van der Waals surface area contributed by atoms with Gasteiger partial charge in [-0.05, 0) is 46.9 Å². The molecule has 0 aromatic heterocycles. The number of amides is 2. The zero-order valence-electron chi connectivity index (χ0n) is 18.9. The Labute approximate surface area is 198 Å². The minimum atomic E-state index is -1.46. The monoisotopic (exact) mass is 466 g/mol. The predicted molar refractivity (Wildman–Crippen MR) is 125 cm³/mol. The summed E-state index contributed by atoms with van der Waals surface area (Å²) in [5, 5.41) is 23.3. The highest BCUT2D eigenvalue weighted by Crippen LogP contribution is 2.44. The fraction of sp³-hybridized carbons (Fsp3) is 0.423. The van der Waals surface area contributed by atoms with Gasteiger partial charge in [-0.3, -0.25) is 4.79 Å². The third-order valence-electron chi connectivity index (χ3n) is 6.71. The fourth-order valence-corrected chi connectivity index (χ4v) is 4.89. The second-order valence-corrected chi connectivity index (χ2v) is 9.11. The molecule has 4 rings (SSSR count). The fourth-order valence-electron chi connectivity index (χ4n) is 4.89. The van der Waals surface area contributed by atoms with Crippen molar-refractivity contribution in [1.82, 2.24) is 10.6 Å². The normalized spacial score (nSPS) is 19.3. The minimum absolute atomic E-state index is 0.0155. The Bertz CT molecular complexity index is 1000. The standard InChI is InChI=1S/C26H30N2O6/c29-23(25(31)32)9-10-27-24(30)13-16-11-17(12-16)14-28-26(33)34-15-22-20-7-3-1-5-18(20)19-6-2-4-8-21(19)22/h1-8,16-17,22-23,29H,9-15H2,(H,27,30)(H,28,33)(H,31,32). The van der Waals surface area contributed by atoms with Gasteiger partial charge in [0, 0.05) is 31.8 Å². The van der Waals surface area contributed by atoms with E-state index in [1.54, 1.807) is 0 Å². The summed E-state index contributed by atoms with van der Waals surface area (Å²) in [7, 11) is 0. The molecule has 0 heterocycles. The molecule has 0 bridgehead atoms. The van der Waals surface area contributed by atoms with Crippen LogP contribution in [0, 0.1) is 11.8 Å². The van der Waals surface area contributed by atoms with Crippen LogP contribution in [0.5, 0.6) is 0 Å². The molecule has 0 spiro atoms. The summed E-state index contributed by atoms with van der Waals surface area (Å²) >= 11 is 0. The SMILES string of the molecule is O=C(CC1CC(CNC(=O)OCC2c3ccccc3-c3ccccc32)C1)NCCC(O)C(=O)O. The number of alkyl carbamates (subject to hydrolysis) is 1. The number of carbonyl (C=O) groups excluding carboxylic acids is 2. The maximum Gasteiger partial charge on any atom is 0.407 e. The van der Waals surface area contributed by atoms with Gasteiger partial charge >= 0.3 is 12.1 Å². The Hall–Kier alpha value is -3.39. The number of hydrogen-bond acceptors (Lipinski definition) is 5. The largest absolute Gasteiger partial charge is 0.479 e. The number of aliphatic hydroxyl groups excluding tert-OH is 1. The minimum Gasteiger partial charge on any atom is -0.479 e. The number of ether oxygens (including phenoxy) is 1. The molecule has 180 valence electrons. The number of carboxylic acids is 1. The second kappa shape index (κ2) is 10.7. The van der Waals surface area contributed by atoms with E-state index in [0.29, 0.717) is 18.9 Å². The van der Waals surface area contributed by atoms with Crippen LogP contribution in [-0.2, 0) is 14.3 Å². The molecule has 2 aromatic carbocycles. The number of rotatable bonds is 10. The molecule has 0 radical (unpaired) electrons. The summed E-state index contributed by atoms with van der Waals surface area (Å²) in [6, 6.07) is 16.4. The van der Waals surface area contributed by atoms with E-state index in [-0.39, 0.29) is 37.3 Å². The first-order valence-corrected chi connectivity index (χ1v) is 11.7. The number of carboxylic acid groups (broad SMARTS) is 1. The molecule has 2 aromatic rings. The van der Waals surface area contributed by atoms with Crippen LogP contribution in [0.1, 0.15) is 42.7 Å². The smallest absolute Gasteiger partial charge is 0.407 e. The van der Waals surface area contributed by atoms with Crippen molar-refractivity contribution >= 4 is 18.0 Å². The number of benzene rings is 2. The molecule has 0 saturated heterocycles. The quantitative estimate of drug-likeness (QED) is 0.427. The predicted octanol–water partition coefficient (Wildman–Crippen LogP) is 2.89. The summed E-state index contributed by atoms with van der Waals surface area (Å²) in [5.41, 5.74) is 4.73. The Kier molecular flexibility index (Phi) is 7.47. The topological polar surface area (TPSA) is 125 Å². The van der Waals surface area contributed by atoms with Gasteiger partial charge < -0.3 is 25.6 Å². The molecule has 1 atom stereocenters. The van der Waals surface area contributed by atoms with Crippen LogP contribution in [0.4, 0.5) is 4.79 Å². The Morgan fingerprint density at radius 2 is 1.56 bits per heavy atom. The van der Waals surface area contributed by atoms with E-state index in [1.807, 2.05) is 24.3 Å². The van der Waals surface area contributed by atoms with Gasteiger partial charge in [0.25, 0.3) is 0 Å². The van der Waals surface area contributed by atoms with Gasteiger partial charge in [-0.1, -0.05) is 48.5 Å². The maximum atomic E-state index is 12.3. The van der Waals surface area contributed by atoms with Gasteiger partial charge in [0.05, 0.1) is 0 Å². The molecule has 0 aliphatic heterocycles. The van der Waals surface area contributed by atoms with Gasteiger partial charge in [-0.25, -0.2) is 9.59 Å². The number of nitrogens with one attached hydrogen (secondary N) is 2. The third-order valence-corrected chi connectivity index (χ3v) is 6.71. The summed E-state index contributed by atoms with van der Waals surface area (Å²) in [5.74, 6) is -0.849. The summed E-state index contributed by atoms with van der Waals surface area (Å²) in [4.78, 5) is 34.8. The molecule has 4 N–H and O–H groups in total. The number of hydrogen-bond donors (Lipinski definition) is 4. The first-order valence-electron chi connectivity index (χ1n) is 11.7. The summed E-state index contributed by atoms with van der Waals surface area (Å²) in [6.07, 6.45) is 0.143. The highest BCUT2D eigenvalue weighted by Gasteiger charge is 2.32. The molecule has 1 unspecified atom stereocenters. The van der Waals surface area contributed by atoms with Crippen molar-refractivity contribution in [2.75, 3.05) is 19.7 Å². The molecule has 8 heteroatoms. The molecular weight excluding hydrogens is 436 g/mol. The van der Waals surface area contributed by atoms with E-state index in [2.05, 4.69) is 34.9 Å². The number of aliphatic hydroxyl groups is 1. The zero-order chi connectivity index (χ0) is 24.1. The van der Waals surface area contributed by atoms with Crippen LogP contribution in [0.3, 0.4) is 0 Å². The van der Waals surface area contributed by atoms with E-state index in [1.165, 1.54) is 22.3 Å². The van der Waals surface area contributed by atoms with Crippen LogP contribution in [0.25, 0.3) is 11.1 Å². The average molecular weight is 467 g/mol. The van der Waals surface area contributed by atoms with Crippen molar-refractivity contribution in [1.29, 1.82) is 0 Å². The van der Waals surface area contributed by atoms with Crippen molar-refractivity contribution in [3.8, 4) is 11.1 Å². The molecule has 8 nitrogen and oxygen atoms in total. The van der Waals surface area contributed by atoms with Gasteiger partial charge in [0.15, 0.2) is 6.10 Å². The van der Waals surface area contributed by atoms with Gasteiger partial charge in [0.1, 0.15) is 6.61 Å². The Morgan fingerprint density at radius 3 is 2.18 bits per heavy atom. The van der Waals surface area contributed by atoms with Crippen LogP contribution in [-0.4, -0.2) is 54.0 Å². The van der Waals surface area contributed by atoms with Crippen molar-refractivity contribution < 1.29 is 29.3 Å². The molecule has 2 amide bonds. The van der Waals surface area contributed by atoms with Crippen molar-refractivity contribution in [3.05, 3.63) is 59.7 Å².